The van der Waals surface area contributed by atoms with Crippen molar-refractivity contribution in [1.29, 1.82) is 5.41 Å². The highest BCUT2D eigenvalue weighted by Crippen LogP contribution is 2.18. The molecule has 1 aliphatic heterocycles. The van der Waals surface area contributed by atoms with Crippen molar-refractivity contribution in [3.05, 3.63) is 0 Å². The van der Waals surface area contributed by atoms with Gasteiger partial charge in [-0.3, -0.25) is 5.41 Å². The largest absolute Gasteiger partial charge is 0.388 e. The number of rotatable bonds is 4. The lowest BCUT2D eigenvalue weighted by molar-refractivity contribution is 0.176. The van der Waals surface area contributed by atoms with E-state index in [1.165, 1.54) is 32.4 Å². The molecule has 1 saturated heterocycles. The molecule has 0 radical (unpaired) electrons. The summed E-state index contributed by atoms with van der Waals surface area (Å²) in [4.78, 5) is 2.44. The van der Waals surface area contributed by atoms with Gasteiger partial charge in [0.25, 0.3) is 0 Å². The zero-order valence-electron chi connectivity index (χ0n) is 8.55. The number of piperidine rings is 1. The van der Waals surface area contributed by atoms with Crippen molar-refractivity contribution in [3.63, 3.8) is 0 Å². The Bertz CT molecular complexity index is 168. The molecule has 76 valence electrons. The van der Waals surface area contributed by atoms with Gasteiger partial charge in [0.1, 0.15) is 0 Å². The first-order valence-electron chi connectivity index (χ1n) is 5.27. The van der Waals surface area contributed by atoms with Crippen molar-refractivity contribution >= 4 is 5.84 Å². The number of hydrogen-bond donors (Lipinski definition) is 2. The first-order chi connectivity index (χ1) is 6.22. The summed E-state index contributed by atoms with van der Waals surface area (Å²) in [7, 11) is 0. The van der Waals surface area contributed by atoms with E-state index in [-0.39, 0.29) is 0 Å². The average Bonchev–Trinajstić information content (AvgIpc) is 2.15. The van der Waals surface area contributed by atoms with Crippen molar-refractivity contribution < 1.29 is 0 Å². The molecule has 1 fully saturated rings. The predicted molar refractivity (Wildman–Crippen MR) is 56.0 cm³/mol. The molecule has 0 aliphatic carbocycles. The number of hydrogen-bond acceptors (Lipinski definition) is 2. The molecule has 0 spiro atoms. The Morgan fingerprint density at radius 3 is 3.00 bits per heavy atom. The zero-order valence-corrected chi connectivity index (χ0v) is 8.55. The topological polar surface area (TPSA) is 53.1 Å². The van der Waals surface area contributed by atoms with Gasteiger partial charge in [0, 0.05) is 19.5 Å². The maximum absolute atomic E-state index is 7.16. The highest BCUT2D eigenvalue weighted by molar-refractivity contribution is 5.76. The van der Waals surface area contributed by atoms with E-state index in [1.54, 1.807) is 0 Å². The van der Waals surface area contributed by atoms with Crippen molar-refractivity contribution in [2.24, 2.45) is 11.7 Å². The third-order valence-corrected chi connectivity index (χ3v) is 2.88. The van der Waals surface area contributed by atoms with Gasteiger partial charge in [0.05, 0.1) is 5.84 Å². The highest BCUT2D eigenvalue weighted by atomic mass is 15.1. The molecule has 3 heteroatoms. The molecule has 0 bridgehead atoms. The van der Waals surface area contributed by atoms with E-state index < -0.39 is 0 Å². The molecular formula is C10H21N3. The normalized spacial score (nSPS) is 24.5. The van der Waals surface area contributed by atoms with Gasteiger partial charge in [-0.25, -0.2) is 0 Å². The summed E-state index contributed by atoms with van der Waals surface area (Å²) in [5, 5.41) is 7.16. The standard InChI is InChI=1S/C10H21N3/c1-2-9-4-3-6-13(8-9)7-5-10(11)12/h9H,2-8H2,1H3,(H3,11,12). The van der Waals surface area contributed by atoms with E-state index in [9.17, 15) is 0 Å². The fourth-order valence-electron chi connectivity index (χ4n) is 1.97. The second kappa shape index (κ2) is 5.22. The number of amidine groups is 1. The molecule has 0 amide bonds. The van der Waals surface area contributed by atoms with Crippen LogP contribution in [0.15, 0.2) is 0 Å². The third-order valence-electron chi connectivity index (χ3n) is 2.88. The monoisotopic (exact) mass is 183 g/mol. The predicted octanol–water partition coefficient (Wildman–Crippen LogP) is 1.43. The van der Waals surface area contributed by atoms with E-state index in [4.69, 9.17) is 11.1 Å². The minimum atomic E-state index is 0.318. The molecule has 0 saturated carbocycles. The maximum Gasteiger partial charge on any atom is 0.0918 e. The first-order valence-corrected chi connectivity index (χ1v) is 5.27. The Balaban J connectivity index is 2.21. The molecule has 3 nitrogen and oxygen atoms in total. The highest BCUT2D eigenvalue weighted by Gasteiger charge is 2.17. The van der Waals surface area contributed by atoms with Crippen molar-refractivity contribution in [1.82, 2.24) is 4.90 Å². The molecule has 0 aromatic rings. The van der Waals surface area contributed by atoms with Crippen LogP contribution in [0.25, 0.3) is 0 Å². The van der Waals surface area contributed by atoms with Crippen molar-refractivity contribution in [2.75, 3.05) is 19.6 Å². The molecule has 3 N–H and O–H groups in total. The summed E-state index contributed by atoms with van der Waals surface area (Å²) in [5.74, 6) is 1.19. The molecule has 0 aromatic carbocycles. The van der Waals surface area contributed by atoms with E-state index in [0.29, 0.717) is 5.84 Å². The minimum absolute atomic E-state index is 0.318. The van der Waals surface area contributed by atoms with Crippen molar-refractivity contribution in [2.45, 2.75) is 32.6 Å². The van der Waals surface area contributed by atoms with Crippen LogP contribution in [0, 0.1) is 11.3 Å². The summed E-state index contributed by atoms with van der Waals surface area (Å²) >= 11 is 0. The number of nitrogens with two attached hydrogens (primary N) is 1. The van der Waals surface area contributed by atoms with Crippen LogP contribution >= 0.6 is 0 Å². The van der Waals surface area contributed by atoms with Crippen LogP contribution in [0.1, 0.15) is 32.6 Å². The average molecular weight is 183 g/mol. The molecular weight excluding hydrogens is 162 g/mol. The lowest BCUT2D eigenvalue weighted by atomic mass is 9.95. The van der Waals surface area contributed by atoms with Gasteiger partial charge < -0.3 is 10.6 Å². The number of nitrogens with one attached hydrogen (secondary N) is 1. The van der Waals surface area contributed by atoms with Crippen LogP contribution in [-0.4, -0.2) is 30.4 Å². The Labute approximate surface area is 80.8 Å². The third kappa shape index (κ3) is 3.77. The Hall–Kier alpha value is -0.570. The van der Waals surface area contributed by atoms with Gasteiger partial charge in [-0.2, -0.15) is 0 Å². The molecule has 1 atom stereocenters. The van der Waals surface area contributed by atoms with Gasteiger partial charge in [-0.05, 0) is 25.3 Å². The van der Waals surface area contributed by atoms with Crippen LogP contribution in [0.4, 0.5) is 0 Å². The van der Waals surface area contributed by atoms with Gasteiger partial charge in [-0.1, -0.05) is 13.3 Å². The van der Waals surface area contributed by atoms with E-state index in [1.807, 2.05) is 0 Å². The van der Waals surface area contributed by atoms with Crippen LogP contribution in [-0.2, 0) is 0 Å². The SMILES string of the molecule is CCC1CCCN(CCC(=N)N)C1. The quantitative estimate of drug-likeness (QED) is 0.512. The fourth-order valence-corrected chi connectivity index (χ4v) is 1.97. The lowest BCUT2D eigenvalue weighted by Crippen LogP contribution is -2.37. The van der Waals surface area contributed by atoms with Crippen molar-refractivity contribution in [3.8, 4) is 0 Å². The van der Waals surface area contributed by atoms with E-state index >= 15 is 0 Å². The Morgan fingerprint density at radius 2 is 2.38 bits per heavy atom. The second-order valence-corrected chi connectivity index (χ2v) is 3.99. The van der Waals surface area contributed by atoms with Crippen LogP contribution in [0.3, 0.4) is 0 Å². The van der Waals surface area contributed by atoms with E-state index in [2.05, 4.69) is 11.8 Å². The molecule has 1 aliphatic rings. The van der Waals surface area contributed by atoms with Gasteiger partial charge in [0.15, 0.2) is 0 Å². The smallest absolute Gasteiger partial charge is 0.0918 e. The second-order valence-electron chi connectivity index (χ2n) is 3.99. The summed E-state index contributed by atoms with van der Waals surface area (Å²) in [6.45, 7) is 5.65. The van der Waals surface area contributed by atoms with Crippen LogP contribution in [0.5, 0.6) is 0 Å². The van der Waals surface area contributed by atoms with Crippen LogP contribution in [0.2, 0.25) is 0 Å². The minimum Gasteiger partial charge on any atom is -0.388 e. The van der Waals surface area contributed by atoms with Gasteiger partial charge >= 0.3 is 0 Å². The molecule has 1 rings (SSSR count). The first kappa shape index (κ1) is 10.5. The molecule has 13 heavy (non-hydrogen) atoms. The van der Waals surface area contributed by atoms with Crippen LogP contribution < -0.4 is 5.73 Å². The van der Waals surface area contributed by atoms with Gasteiger partial charge in [0.2, 0.25) is 0 Å². The molecule has 1 heterocycles. The zero-order chi connectivity index (χ0) is 9.68. The van der Waals surface area contributed by atoms with Gasteiger partial charge in [-0.15, -0.1) is 0 Å². The molecule has 1 unspecified atom stereocenters. The Morgan fingerprint density at radius 1 is 1.62 bits per heavy atom. The summed E-state index contributed by atoms with van der Waals surface area (Å²) in [5.41, 5.74) is 5.33. The number of likely N-dealkylation sites (tertiary alicyclic amines) is 1. The molecule has 0 aromatic heterocycles. The summed E-state index contributed by atoms with van der Waals surface area (Å²) < 4.78 is 0. The summed E-state index contributed by atoms with van der Waals surface area (Å²) in [6, 6.07) is 0. The Kier molecular flexibility index (Phi) is 4.22. The fraction of sp³-hybridized carbons (Fsp3) is 0.900. The summed E-state index contributed by atoms with van der Waals surface area (Å²) in [6.07, 6.45) is 4.72. The van der Waals surface area contributed by atoms with E-state index in [0.717, 1.165) is 18.9 Å². The lowest BCUT2D eigenvalue weighted by Gasteiger charge is -2.31. The maximum atomic E-state index is 7.16. The number of nitrogens with zero attached hydrogens (tertiary/aromatic N) is 1.